The molecule has 1 unspecified atom stereocenters. The number of amides is 1. The first kappa shape index (κ1) is 15.4. The number of rotatable bonds is 4. The highest BCUT2D eigenvalue weighted by molar-refractivity contribution is 5.88. The molecule has 0 spiro atoms. The molecule has 1 fully saturated rings. The Hall–Kier alpha value is -2.04. The van der Waals surface area contributed by atoms with Crippen LogP contribution in [0.2, 0.25) is 0 Å². The number of piperidine rings is 1. The van der Waals surface area contributed by atoms with Gasteiger partial charge in [0.25, 0.3) is 0 Å². The van der Waals surface area contributed by atoms with Gasteiger partial charge in [0.1, 0.15) is 11.3 Å². The summed E-state index contributed by atoms with van der Waals surface area (Å²) >= 11 is 0. The molecule has 1 heterocycles. The lowest BCUT2D eigenvalue weighted by atomic mass is 9.88. The van der Waals surface area contributed by atoms with Gasteiger partial charge in [-0.1, -0.05) is 18.2 Å². The van der Waals surface area contributed by atoms with Gasteiger partial charge in [-0.25, -0.2) is 4.79 Å². The summed E-state index contributed by atoms with van der Waals surface area (Å²) in [5.41, 5.74) is -0.319. The Morgan fingerprint density at radius 2 is 2.05 bits per heavy atom. The van der Waals surface area contributed by atoms with Crippen LogP contribution >= 0.6 is 0 Å². The number of carbonyl (C=O) groups excluding carboxylic acids is 1. The minimum atomic E-state index is -1.10. The average Bonchev–Trinajstić information content (AvgIpc) is 2.48. The average molecular weight is 291 g/mol. The van der Waals surface area contributed by atoms with E-state index < -0.39 is 11.5 Å². The summed E-state index contributed by atoms with van der Waals surface area (Å²) in [6, 6.07) is 7.32. The first-order valence-electron chi connectivity index (χ1n) is 7.15. The fourth-order valence-corrected chi connectivity index (χ4v) is 2.85. The largest absolute Gasteiger partial charge is 0.496 e. The van der Waals surface area contributed by atoms with Gasteiger partial charge in [-0.3, -0.25) is 4.79 Å². The van der Waals surface area contributed by atoms with Crippen molar-refractivity contribution in [2.75, 3.05) is 13.7 Å². The molecule has 2 rings (SSSR count). The second-order valence-electron chi connectivity index (χ2n) is 5.57. The molecule has 1 aromatic carbocycles. The van der Waals surface area contributed by atoms with Crippen molar-refractivity contribution in [2.24, 2.45) is 0 Å². The molecule has 0 aliphatic carbocycles. The summed E-state index contributed by atoms with van der Waals surface area (Å²) < 4.78 is 5.25. The number of hydrogen-bond acceptors (Lipinski definition) is 3. The molecule has 0 aromatic heterocycles. The lowest BCUT2D eigenvalue weighted by molar-refractivity contribution is -0.160. The summed E-state index contributed by atoms with van der Waals surface area (Å²) in [4.78, 5) is 25.6. The summed E-state index contributed by atoms with van der Waals surface area (Å²) in [6.45, 7) is 2.13. The smallest absolute Gasteiger partial charge is 0.329 e. The molecular formula is C16H21NO4. The summed E-state index contributed by atoms with van der Waals surface area (Å²) in [5, 5.41) is 9.47. The van der Waals surface area contributed by atoms with Crippen molar-refractivity contribution in [1.29, 1.82) is 0 Å². The highest BCUT2D eigenvalue weighted by Crippen LogP contribution is 2.29. The molecule has 1 aromatic rings. The predicted octanol–water partition coefficient (Wildman–Crippen LogP) is 2.09. The number of nitrogens with zero attached hydrogens (tertiary/aromatic N) is 1. The fourth-order valence-electron chi connectivity index (χ4n) is 2.85. The maximum Gasteiger partial charge on any atom is 0.329 e. The van der Waals surface area contributed by atoms with Gasteiger partial charge in [0.05, 0.1) is 13.5 Å². The zero-order valence-electron chi connectivity index (χ0n) is 12.5. The third-order valence-electron chi connectivity index (χ3n) is 4.19. The fraction of sp³-hybridized carbons (Fsp3) is 0.500. The van der Waals surface area contributed by atoms with Gasteiger partial charge < -0.3 is 14.7 Å². The third kappa shape index (κ3) is 3.01. The Balaban J connectivity index is 2.20. The van der Waals surface area contributed by atoms with E-state index in [0.29, 0.717) is 18.7 Å². The van der Waals surface area contributed by atoms with Crippen molar-refractivity contribution in [1.82, 2.24) is 4.90 Å². The van der Waals surface area contributed by atoms with Crippen molar-refractivity contribution in [3.8, 4) is 5.75 Å². The topological polar surface area (TPSA) is 66.8 Å². The first-order chi connectivity index (χ1) is 9.99. The Morgan fingerprint density at radius 3 is 2.71 bits per heavy atom. The quantitative estimate of drug-likeness (QED) is 0.922. The maximum absolute atomic E-state index is 12.6. The number of hydrogen-bond donors (Lipinski definition) is 1. The Labute approximate surface area is 124 Å². The number of carboxylic acids is 1. The number of carbonyl (C=O) groups is 2. The molecular weight excluding hydrogens is 270 g/mol. The van der Waals surface area contributed by atoms with E-state index in [0.717, 1.165) is 18.4 Å². The highest BCUT2D eigenvalue weighted by Gasteiger charge is 2.43. The van der Waals surface area contributed by atoms with Crippen LogP contribution in [-0.2, 0) is 16.0 Å². The van der Waals surface area contributed by atoms with Crippen LogP contribution in [0.5, 0.6) is 5.75 Å². The molecule has 0 saturated carbocycles. The zero-order chi connectivity index (χ0) is 15.5. The summed E-state index contributed by atoms with van der Waals surface area (Å²) in [6.07, 6.45) is 2.34. The van der Waals surface area contributed by atoms with Gasteiger partial charge in [-0.2, -0.15) is 0 Å². The maximum atomic E-state index is 12.6. The predicted molar refractivity (Wildman–Crippen MR) is 78.3 cm³/mol. The van der Waals surface area contributed by atoms with E-state index in [2.05, 4.69) is 0 Å². The van der Waals surface area contributed by atoms with E-state index in [4.69, 9.17) is 4.74 Å². The van der Waals surface area contributed by atoms with Gasteiger partial charge in [-0.15, -0.1) is 0 Å². The number of carboxylic acid groups (broad SMARTS) is 1. The monoisotopic (exact) mass is 291 g/mol. The van der Waals surface area contributed by atoms with Gasteiger partial charge in [-0.05, 0) is 32.3 Å². The molecule has 5 heteroatoms. The van der Waals surface area contributed by atoms with E-state index in [-0.39, 0.29) is 12.3 Å². The van der Waals surface area contributed by atoms with E-state index in [9.17, 15) is 14.7 Å². The van der Waals surface area contributed by atoms with Gasteiger partial charge in [0.2, 0.25) is 5.91 Å². The van der Waals surface area contributed by atoms with Crippen molar-refractivity contribution < 1.29 is 19.4 Å². The van der Waals surface area contributed by atoms with E-state index >= 15 is 0 Å². The van der Waals surface area contributed by atoms with Crippen LogP contribution in [0.3, 0.4) is 0 Å². The van der Waals surface area contributed by atoms with Crippen molar-refractivity contribution in [2.45, 2.75) is 38.1 Å². The highest BCUT2D eigenvalue weighted by atomic mass is 16.5. The standard InChI is InChI=1S/C16H21NO4/c1-16(15(19)20)9-5-6-10-17(16)14(18)11-12-7-3-4-8-13(12)21-2/h3-4,7-8H,5-6,9-11H2,1-2H3,(H,19,20). The Kier molecular flexibility index (Phi) is 4.50. The second-order valence-corrected chi connectivity index (χ2v) is 5.57. The molecule has 1 atom stereocenters. The second kappa shape index (κ2) is 6.16. The Bertz CT molecular complexity index is 543. The van der Waals surface area contributed by atoms with Crippen molar-refractivity contribution in [3.63, 3.8) is 0 Å². The minimum absolute atomic E-state index is 0.160. The number of para-hydroxylation sites is 1. The van der Waals surface area contributed by atoms with E-state index in [1.807, 2.05) is 18.2 Å². The van der Waals surface area contributed by atoms with Crippen LogP contribution in [-0.4, -0.2) is 41.1 Å². The van der Waals surface area contributed by atoms with Crippen LogP contribution < -0.4 is 4.74 Å². The molecule has 114 valence electrons. The van der Waals surface area contributed by atoms with Crippen LogP contribution in [0.15, 0.2) is 24.3 Å². The zero-order valence-corrected chi connectivity index (χ0v) is 12.5. The number of aliphatic carboxylic acids is 1. The molecule has 1 aliphatic heterocycles. The molecule has 1 saturated heterocycles. The molecule has 1 aliphatic rings. The van der Waals surface area contributed by atoms with Crippen LogP contribution in [0.4, 0.5) is 0 Å². The van der Waals surface area contributed by atoms with Gasteiger partial charge in [0.15, 0.2) is 0 Å². The van der Waals surface area contributed by atoms with Crippen LogP contribution in [0.25, 0.3) is 0 Å². The van der Waals surface area contributed by atoms with Gasteiger partial charge >= 0.3 is 5.97 Å². The SMILES string of the molecule is COc1ccccc1CC(=O)N1CCCCC1(C)C(=O)O. The summed E-state index contributed by atoms with van der Waals surface area (Å²) in [7, 11) is 1.56. The molecule has 21 heavy (non-hydrogen) atoms. The Morgan fingerprint density at radius 1 is 1.33 bits per heavy atom. The molecule has 5 nitrogen and oxygen atoms in total. The van der Waals surface area contributed by atoms with E-state index in [1.165, 1.54) is 4.90 Å². The van der Waals surface area contributed by atoms with E-state index in [1.54, 1.807) is 20.1 Å². The normalized spacial score (nSPS) is 21.9. The number of ether oxygens (including phenoxy) is 1. The third-order valence-corrected chi connectivity index (χ3v) is 4.19. The lowest BCUT2D eigenvalue weighted by Gasteiger charge is -2.41. The van der Waals surface area contributed by atoms with Crippen LogP contribution in [0.1, 0.15) is 31.7 Å². The summed E-state index contributed by atoms with van der Waals surface area (Å²) in [5.74, 6) is -0.445. The molecule has 0 radical (unpaired) electrons. The van der Waals surface area contributed by atoms with Crippen LogP contribution in [0, 0.1) is 0 Å². The molecule has 0 bridgehead atoms. The number of likely N-dealkylation sites (tertiary alicyclic amines) is 1. The van der Waals surface area contributed by atoms with Gasteiger partial charge in [0, 0.05) is 12.1 Å². The van der Waals surface area contributed by atoms with Crippen molar-refractivity contribution >= 4 is 11.9 Å². The molecule has 1 amide bonds. The molecule has 1 N–H and O–H groups in total. The first-order valence-corrected chi connectivity index (χ1v) is 7.15. The number of benzene rings is 1. The number of methoxy groups -OCH3 is 1. The minimum Gasteiger partial charge on any atom is -0.496 e. The van der Waals surface area contributed by atoms with Crippen molar-refractivity contribution in [3.05, 3.63) is 29.8 Å². The lowest BCUT2D eigenvalue weighted by Crippen LogP contribution is -2.57.